The Labute approximate surface area is 149 Å². The summed E-state index contributed by atoms with van der Waals surface area (Å²) in [6.07, 6.45) is 1.04. The highest BCUT2D eigenvalue weighted by Crippen LogP contribution is 2.20. The van der Waals surface area contributed by atoms with Gasteiger partial charge in [-0.05, 0) is 32.8 Å². The summed E-state index contributed by atoms with van der Waals surface area (Å²) in [5, 5.41) is 2.93. The molecule has 7 nitrogen and oxygen atoms in total. The smallest absolute Gasteiger partial charge is 0.339 e. The third kappa shape index (κ3) is 4.61. The zero-order valence-electron chi connectivity index (χ0n) is 15.8. The zero-order valence-corrected chi connectivity index (χ0v) is 15.8. The number of carbonyl (C=O) groups excluding carboxylic acids is 2. The summed E-state index contributed by atoms with van der Waals surface area (Å²) < 4.78 is 10.5. The van der Waals surface area contributed by atoms with Crippen LogP contribution in [0.4, 0.5) is 0 Å². The molecule has 2 N–H and O–H groups in total. The molecule has 7 heteroatoms. The van der Waals surface area contributed by atoms with Crippen LogP contribution in [-0.2, 0) is 15.9 Å². The van der Waals surface area contributed by atoms with E-state index in [1.54, 1.807) is 6.92 Å². The van der Waals surface area contributed by atoms with Gasteiger partial charge in [0.25, 0.3) is 5.91 Å². The van der Waals surface area contributed by atoms with E-state index in [9.17, 15) is 9.59 Å². The first-order valence-corrected chi connectivity index (χ1v) is 8.83. The van der Waals surface area contributed by atoms with Crippen LogP contribution in [0.15, 0.2) is 0 Å². The number of methoxy groups -OCH3 is 1. The lowest BCUT2D eigenvalue weighted by molar-refractivity contribution is -0.0672. The molecule has 0 radical (unpaired) electrons. The number of hydrogen-bond acceptors (Lipinski definition) is 5. The number of carbonyl (C=O) groups is 2. The third-order valence-corrected chi connectivity index (χ3v) is 4.51. The van der Waals surface area contributed by atoms with Crippen LogP contribution in [-0.4, -0.2) is 67.3 Å². The Morgan fingerprint density at radius 1 is 1.32 bits per heavy atom. The highest BCUT2D eigenvalue weighted by atomic mass is 16.5. The van der Waals surface area contributed by atoms with E-state index >= 15 is 0 Å². The van der Waals surface area contributed by atoms with Crippen molar-refractivity contribution in [2.45, 2.75) is 46.3 Å². The Morgan fingerprint density at radius 2 is 1.96 bits per heavy atom. The molecule has 1 saturated heterocycles. The lowest BCUT2D eigenvalue weighted by atomic mass is 10.1. The van der Waals surface area contributed by atoms with Gasteiger partial charge in [-0.25, -0.2) is 4.79 Å². The van der Waals surface area contributed by atoms with E-state index in [0.29, 0.717) is 29.8 Å². The molecule has 2 rings (SSSR count). The van der Waals surface area contributed by atoms with Crippen molar-refractivity contribution in [1.82, 2.24) is 15.2 Å². The lowest BCUT2D eigenvalue weighted by Gasteiger charge is -2.35. The van der Waals surface area contributed by atoms with Gasteiger partial charge in [-0.3, -0.25) is 9.69 Å². The van der Waals surface area contributed by atoms with Gasteiger partial charge in [0.05, 0.1) is 24.9 Å². The first-order valence-electron chi connectivity index (χ1n) is 8.83. The van der Waals surface area contributed by atoms with Crippen LogP contribution in [0.3, 0.4) is 0 Å². The zero-order chi connectivity index (χ0) is 18.6. The highest BCUT2D eigenvalue weighted by molar-refractivity contribution is 6.00. The standard InChI is InChI=1S/C18H29N3O4/c1-6-14-15(18(23)24-5)13(4)16(20-14)17(22)19-7-8-21-9-11(2)25-12(3)10-21/h11-12,20H,6-10H2,1-5H3,(H,19,22). The maximum absolute atomic E-state index is 12.5. The second-order valence-electron chi connectivity index (χ2n) is 6.60. The molecular weight excluding hydrogens is 322 g/mol. The number of aromatic amines is 1. The van der Waals surface area contributed by atoms with Gasteiger partial charge in [0.2, 0.25) is 0 Å². The fraction of sp³-hybridized carbons (Fsp3) is 0.667. The van der Waals surface area contributed by atoms with Gasteiger partial charge in [-0.15, -0.1) is 0 Å². The van der Waals surface area contributed by atoms with Crippen molar-refractivity contribution in [2.75, 3.05) is 33.3 Å². The number of hydrogen-bond donors (Lipinski definition) is 2. The van der Waals surface area contributed by atoms with Crippen LogP contribution in [0, 0.1) is 6.92 Å². The Balaban J connectivity index is 1.97. The SMILES string of the molecule is CCc1[nH]c(C(=O)NCCN2CC(C)OC(C)C2)c(C)c1C(=O)OC. The molecule has 2 heterocycles. The fourth-order valence-corrected chi connectivity index (χ4v) is 3.41. The monoisotopic (exact) mass is 351 g/mol. The molecular formula is C18H29N3O4. The first kappa shape index (κ1) is 19.5. The van der Waals surface area contributed by atoms with E-state index in [1.807, 2.05) is 6.92 Å². The van der Waals surface area contributed by atoms with Crippen LogP contribution in [0.25, 0.3) is 0 Å². The molecule has 1 fully saturated rings. The van der Waals surface area contributed by atoms with Crippen molar-refractivity contribution in [3.8, 4) is 0 Å². The molecule has 1 aliphatic heterocycles. The van der Waals surface area contributed by atoms with Gasteiger partial charge in [0.1, 0.15) is 5.69 Å². The second-order valence-corrected chi connectivity index (χ2v) is 6.60. The molecule has 0 spiro atoms. The molecule has 0 aliphatic carbocycles. The number of ether oxygens (including phenoxy) is 2. The van der Waals surface area contributed by atoms with Gasteiger partial charge in [-0.1, -0.05) is 6.92 Å². The summed E-state index contributed by atoms with van der Waals surface area (Å²) >= 11 is 0. The number of nitrogens with zero attached hydrogens (tertiary/aromatic N) is 1. The van der Waals surface area contributed by atoms with E-state index in [-0.39, 0.29) is 18.1 Å². The highest BCUT2D eigenvalue weighted by Gasteiger charge is 2.24. The van der Waals surface area contributed by atoms with E-state index in [2.05, 4.69) is 29.0 Å². The van der Waals surface area contributed by atoms with Crippen molar-refractivity contribution < 1.29 is 19.1 Å². The van der Waals surface area contributed by atoms with Gasteiger partial charge in [0.15, 0.2) is 0 Å². The van der Waals surface area contributed by atoms with E-state index < -0.39 is 5.97 Å². The first-order chi connectivity index (χ1) is 11.9. The summed E-state index contributed by atoms with van der Waals surface area (Å²) in [5.41, 5.74) is 2.26. The van der Waals surface area contributed by atoms with Gasteiger partial charge in [0, 0.05) is 31.9 Å². The normalized spacial score (nSPS) is 21.2. The molecule has 0 aromatic carbocycles. The maximum Gasteiger partial charge on any atom is 0.339 e. The molecule has 2 unspecified atom stereocenters. The Hall–Kier alpha value is -1.86. The van der Waals surface area contributed by atoms with Crippen LogP contribution in [0.2, 0.25) is 0 Å². The predicted molar refractivity (Wildman–Crippen MR) is 95.0 cm³/mol. The predicted octanol–water partition coefficient (Wildman–Crippen LogP) is 1.51. The van der Waals surface area contributed by atoms with E-state index in [4.69, 9.17) is 9.47 Å². The van der Waals surface area contributed by atoms with Crippen LogP contribution >= 0.6 is 0 Å². The summed E-state index contributed by atoms with van der Waals surface area (Å²) in [5.74, 6) is -0.613. The van der Waals surface area contributed by atoms with Crippen LogP contribution in [0.5, 0.6) is 0 Å². The molecule has 0 bridgehead atoms. The van der Waals surface area contributed by atoms with E-state index in [1.165, 1.54) is 7.11 Å². The molecule has 1 amide bonds. The minimum Gasteiger partial charge on any atom is -0.465 e. The number of nitrogens with one attached hydrogen (secondary N) is 2. The van der Waals surface area contributed by atoms with Gasteiger partial charge >= 0.3 is 5.97 Å². The minimum atomic E-state index is -0.416. The molecule has 1 aliphatic rings. The van der Waals surface area contributed by atoms with E-state index in [0.717, 1.165) is 25.3 Å². The number of amides is 1. The number of aryl methyl sites for hydroxylation is 1. The third-order valence-electron chi connectivity index (χ3n) is 4.51. The molecule has 0 saturated carbocycles. The van der Waals surface area contributed by atoms with Crippen molar-refractivity contribution >= 4 is 11.9 Å². The fourth-order valence-electron chi connectivity index (χ4n) is 3.41. The molecule has 1 aromatic rings. The Morgan fingerprint density at radius 3 is 2.52 bits per heavy atom. The number of morpholine rings is 1. The second kappa shape index (κ2) is 8.49. The van der Waals surface area contributed by atoms with Crippen molar-refractivity contribution in [1.29, 1.82) is 0 Å². The average Bonchev–Trinajstić information content (AvgIpc) is 2.89. The molecule has 140 valence electrons. The topological polar surface area (TPSA) is 83.7 Å². The largest absolute Gasteiger partial charge is 0.465 e. The van der Waals surface area contributed by atoms with Gasteiger partial charge < -0.3 is 19.8 Å². The summed E-state index contributed by atoms with van der Waals surface area (Å²) in [6, 6.07) is 0. The van der Waals surface area contributed by atoms with Crippen LogP contribution < -0.4 is 5.32 Å². The van der Waals surface area contributed by atoms with Crippen LogP contribution in [0.1, 0.15) is 52.9 Å². The quantitative estimate of drug-likeness (QED) is 0.759. The van der Waals surface area contributed by atoms with Crippen molar-refractivity contribution in [3.05, 3.63) is 22.5 Å². The average molecular weight is 351 g/mol. The summed E-state index contributed by atoms with van der Waals surface area (Å²) in [4.78, 5) is 29.8. The Kier molecular flexibility index (Phi) is 6.61. The van der Waals surface area contributed by atoms with Crippen molar-refractivity contribution in [3.63, 3.8) is 0 Å². The molecule has 1 aromatic heterocycles. The minimum absolute atomic E-state index is 0.197. The molecule has 2 atom stereocenters. The maximum atomic E-state index is 12.5. The summed E-state index contributed by atoms with van der Waals surface area (Å²) in [7, 11) is 1.35. The lowest BCUT2D eigenvalue weighted by Crippen LogP contribution is -2.47. The number of esters is 1. The number of aromatic nitrogens is 1. The van der Waals surface area contributed by atoms with Crippen molar-refractivity contribution in [2.24, 2.45) is 0 Å². The number of rotatable bonds is 6. The number of H-pyrrole nitrogens is 1. The Bertz CT molecular complexity index is 616. The summed E-state index contributed by atoms with van der Waals surface area (Å²) in [6.45, 7) is 10.9. The molecule has 25 heavy (non-hydrogen) atoms. The van der Waals surface area contributed by atoms with Gasteiger partial charge in [-0.2, -0.15) is 0 Å².